The van der Waals surface area contributed by atoms with Crippen molar-refractivity contribution < 1.29 is 4.74 Å². The monoisotopic (exact) mass is 262 g/mol. The van der Waals surface area contributed by atoms with Gasteiger partial charge in [0.05, 0.1) is 11.9 Å². The minimum atomic E-state index is -0.0229. The van der Waals surface area contributed by atoms with Crippen LogP contribution >= 0.6 is 11.6 Å². The molecule has 0 saturated carbocycles. The van der Waals surface area contributed by atoms with Gasteiger partial charge in [-0.2, -0.15) is 0 Å². The molecule has 1 atom stereocenters. The van der Waals surface area contributed by atoms with Gasteiger partial charge in [-0.3, -0.25) is 4.98 Å². The van der Waals surface area contributed by atoms with Crippen LogP contribution in [0.1, 0.15) is 25.1 Å². The Morgan fingerprint density at radius 3 is 2.72 bits per heavy atom. The minimum absolute atomic E-state index is 0.0229. The number of nitrogens with two attached hydrogens (primary N) is 1. The topological polar surface area (TPSA) is 48.1 Å². The van der Waals surface area contributed by atoms with Gasteiger partial charge >= 0.3 is 0 Å². The molecule has 1 unspecified atom stereocenters. The smallest absolute Gasteiger partial charge is 0.145 e. The second kappa shape index (κ2) is 5.85. The van der Waals surface area contributed by atoms with Gasteiger partial charge in [0, 0.05) is 11.1 Å². The van der Waals surface area contributed by atoms with Crippen LogP contribution < -0.4 is 10.5 Å². The fraction of sp³-hybridized carbons (Fsp3) is 0.214. The molecule has 0 spiro atoms. The van der Waals surface area contributed by atoms with Crippen molar-refractivity contribution >= 4 is 11.6 Å². The highest BCUT2D eigenvalue weighted by Crippen LogP contribution is 2.24. The molecule has 3 nitrogen and oxygen atoms in total. The Hall–Kier alpha value is -1.58. The maximum atomic E-state index is 5.90. The van der Waals surface area contributed by atoms with E-state index in [1.165, 1.54) is 0 Å². The maximum Gasteiger partial charge on any atom is 0.145 e. The number of nitrogens with zero attached hydrogens (tertiary/aromatic N) is 1. The van der Waals surface area contributed by atoms with Crippen molar-refractivity contribution in [3.63, 3.8) is 0 Å². The molecule has 0 aliphatic rings. The van der Waals surface area contributed by atoms with Crippen LogP contribution in [-0.4, -0.2) is 4.98 Å². The fourth-order valence-corrected chi connectivity index (χ4v) is 1.73. The lowest BCUT2D eigenvalue weighted by atomic mass is 10.1. The van der Waals surface area contributed by atoms with Gasteiger partial charge in [0.1, 0.15) is 11.5 Å². The van der Waals surface area contributed by atoms with Gasteiger partial charge in [0.25, 0.3) is 0 Å². The molecule has 0 saturated heterocycles. The van der Waals surface area contributed by atoms with Crippen LogP contribution in [0.3, 0.4) is 0 Å². The molecule has 0 amide bonds. The molecule has 1 heterocycles. The summed E-state index contributed by atoms with van der Waals surface area (Å²) in [4.78, 5) is 4.29. The van der Waals surface area contributed by atoms with E-state index in [0.717, 1.165) is 12.1 Å². The van der Waals surface area contributed by atoms with Gasteiger partial charge in [0.15, 0.2) is 0 Å². The molecule has 2 rings (SSSR count). The predicted molar refractivity (Wildman–Crippen MR) is 73.0 cm³/mol. The van der Waals surface area contributed by atoms with Crippen LogP contribution in [0.25, 0.3) is 0 Å². The van der Waals surface area contributed by atoms with Gasteiger partial charge in [-0.15, -0.1) is 0 Å². The first-order valence-electron chi connectivity index (χ1n) is 5.84. The second-order valence-electron chi connectivity index (χ2n) is 3.99. The predicted octanol–water partition coefficient (Wildman–Crippen LogP) is 3.94. The Morgan fingerprint density at radius 1 is 1.28 bits per heavy atom. The first kappa shape index (κ1) is 12.9. The summed E-state index contributed by atoms with van der Waals surface area (Å²) in [6, 6.07) is 11.0. The van der Waals surface area contributed by atoms with E-state index in [9.17, 15) is 0 Å². The van der Waals surface area contributed by atoms with Gasteiger partial charge in [0.2, 0.25) is 0 Å². The largest absolute Gasteiger partial charge is 0.456 e. The summed E-state index contributed by atoms with van der Waals surface area (Å²) in [5, 5.41) is 0.644. The summed E-state index contributed by atoms with van der Waals surface area (Å²) in [5.74, 6) is 1.36. The average Bonchev–Trinajstić information content (AvgIpc) is 2.39. The first-order chi connectivity index (χ1) is 8.69. The van der Waals surface area contributed by atoms with E-state index in [4.69, 9.17) is 22.1 Å². The number of aromatic nitrogens is 1. The second-order valence-corrected chi connectivity index (χ2v) is 4.43. The Morgan fingerprint density at radius 2 is 2.11 bits per heavy atom. The van der Waals surface area contributed by atoms with Gasteiger partial charge in [-0.05, 0) is 36.8 Å². The summed E-state index contributed by atoms with van der Waals surface area (Å²) in [5.41, 5.74) is 6.77. The third kappa shape index (κ3) is 3.22. The standard InChI is InChI=1S/C14H15ClN2O/c1-2-13(16)14-7-6-12(9-17-14)18-11-5-3-4-10(15)8-11/h3-9,13H,2,16H2,1H3. The van der Waals surface area contributed by atoms with E-state index in [1.807, 2.05) is 31.2 Å². The highest BCUT2D eigenvalue weighted by atomic mass is 35.5. The zero-order chi connectivity index (χ0) is 13.0. The van der Waals surface area contributed by atoms with Crippen LogP contribution in [0.2, 0.25) is 5.02 Å². The number of pyridine rings is 1. The lowest BCUT2D eigenvalue weighted by molar-refractivity contribution is 0.479. The van der Waals surface area contributed by atoms with E-state index >= 15 is 0 Å². The van der Waals surface area contributed by atoms with Crippen molar-refractivity contribution in [3.05, 3.63) is 53.3 Å². The number of benzene rings is 1. The Kier molecular flexibility index (Phi) is 4.18. The number of hydrogen-bond donors (Lipinski definition) is 1. The lowest BCUT2D eigenvalue weighted by Crippen LogP contribution is -2.10. The van der Waals surface area contributed by atoms with E-state index < -0.39 is 0 Å². The van der Waals surface area contributed by atoms with E-state index in [1.54, 1.807) is 18.3 Å². The van der Waals surface area contributed by atoms with E-state index in [2.05, 4.69) is 4.98 Å². The number of halogens is 1. The van der Waals surface area contributed by atoms with Crippen molar-refractivity contribution in [2.45, 2.75) is 19.4 Å². The molecule has 4 heteroatoms. The third-order valence-electron chi connectivity index (χ3n) is 2.61. The molecule has 0 bridgehead atoms. The van der Waals surface area contributed by atoms with Crippen LogP contribution in [0.4, 0.5) is 0 Å². The summed E-state index contributed by atoms with van der Waals surface area (Å²) >= 11 is 5.88. The molecule has 94 valence electrons. The van der Waals surface area contributed by atoms with Crippen molar-refractivity contribution in [1.82, 2.24) is 4.98 Å². The molecule has 1 aromatic heterocycles. The summed E-state index contributed by atoms with van der Waals surface area (Å²) in [6.07, 6.45) is 2.53. The third-order valence-corrected chi connectivity index (χ3v) is 2.85. The Bertz CT molecular complexity index is 513. The van der Waals surface area contributed by atoms with Crippen LogP contribution in [0.5, 0.6) is 11.5 Å². The fourth-order valence-electron chi connectivity index (χ4n) is 1.55. The normalized spacial score (nSPS) is 12.2. The molecule has 0 aliphatic heterocycles. The number of rotatable bonds is 4. The minimum Gasteiger partial charge on any atom is -0.456 e. The average molecular weight is 263 g/mol. The SMILES string of the molecule is CCC(N)c1ccc(Oc2cccc(Cl)c2)cn1. The number of ether oxygens (including phenoxy) is 1. The summed E-state index contributed by atoms with van der Waals surface area (Å²) in [7, 11) is 0. The molecule has 2 aromatic rings. The van der Waals surface area contributed by atoms with E-state index in [-0.39, 0.29) is 6.04 Å². The Balaban J connectivity index is 2.11. The van der Waals surface area contributed by atoms with Crippen molar-refractivity contribution in [3.8, 4) is 11.5 Å². The molecule has 18 heavy (non-hydrogen) atoms. The number of hydrogen-bond acceptors (Lipinski definition) is 3. The summed E-state index contributed by atoms with van der Waals surface area (Å²) in [6.45, 7) is 2.03. The van der Waals surface area contributed by atoms with Crippen molar-refractivity contribution in [1.29, 1.82) is 0 Å². The zero-order valence-corrected chi connectivity index (χ0v) is 10.9. The zero-order valence-electron chi connectivity index (χ0n) is 10.1. The van der Waals surface area contributed by atoms with Crippen molar-refractivity contribution in [2.24, 2.45) is 5.73 Å². The first-order valence-corrected chi connectivity index (χ1v) is 6.22. The van der Waals surface area contributed by atoms with Gasteiger partial charge < -0.3 is 10.5 Å². The van der Waals surface area contributed by atoms with E-state index in [0.29, 0.717) is 16.5 Å². The lowest BCUT2D eigenvalue weighted by Gasteiger charge is -2.09. The highest BCUT2D eigenvalue weighted by molar-refractivity contribution is 6.30. The maximum absolute atomic E-state index is 5.90. The van der Waals surface area contributed by atoms with Crippen LogP contribution in [0.15, 0.2) is 42.6 Å². The molecule has 0 radical (unpaired) electrons. The highest BCUT2D eigenvalue weighted by Gasteiger charge is 2.05. The van der Waals surface area contributed by atoms with Crippen molar-refractivity contribution in [2.75, 3.05) is 0 Å². The van der Waals surface area contributed by atoms with Crippen LogP contribution in [0, 0.1) is 0 Å². The molecular weight excluding hydrogens is 248 g/mol. The van der Waals surface area contributed by atoms with Gasteiger partial charge in [-0.25, -0.2) is 0 Å². The summed E-state index contributed by atoms with van der Waals surface area (Å²) < 4.78 is 5.64. The van der Waals surface area contributed by atoms with Gasteiger partial charge in [-0.1, -0.05) is 24.6 Å². The molecule has 0 fully saturated rings. The molecular formula is C14H15ClN2O. The quantitative estimate of drug-likeness (QED) is 0.908. The van der Waals surface area contributed by atoms with Crippen LogP contribution in [-0.2, 0) is 0 Å². The molecule has 1 aromatic carbocycles. The molecule has 2 N–H and O–H groups in total. The Labute approximate surface area is 112 Å². The molecule has 0 aliphatic carbocycles.